The Morgan fingerprint density at radius 1 is 1.41 bits per heavy atom. The summed E-state index contributed by atoms with van der Waals surface area (Å²) in [5, 5.41) is 6.46. The highest BCUT2D eigenvalue weighted by Gasteiger charge is 2.18. The van der Waals surface area contributed by atoms with Crippen LogP contribution in [0, 0.1) is 0 Å². The first-order valence-corrected chi connectivity index (χ1v) is 7.09. The maximum absolute atomic E-state index is 11.3. The van der Waals surface area contributed by atoms with Crippen LogP contribution in [0.15, 0.2) is 23.1 Å². The molecule has 1 heterocycles. The van der Waals surface area contributed by atoms with E-state index >= 15 is 0 Å². The molecule has 0 aromatic heterocycles. The van der Waals surface area contributed by atoms with Crippen molar-refractivity contribution in [3.63, 3.8) is 0 Å². The molecule has 1 fully saturated rings. The highest BCUT2D eigenvalue weighted by molar-refractivity contribution is 8.00. The molecule has 3 nitrogen and oxygen atoms in total. The van der Waals surface area contributed by atoms with E-state index in [1.807, 2.05) is 0 Å². The van der Waals surface area contributed by atoms with Gasteiger partial charge in [0.1, 0.15) is 0 Å². The summed E-state index contributed by atoms with van der Waals surface area (Å²) in [6.45, 7) is 0.901. The minimum absolute atomic E-state index is 0.103. The van der Waals surface area contributed by atoms with Gasteiger partial charge in [0, 0.05) is 17.5 Å². The minimum Gasteiger partial charge on any atom is -0.324 e. The molecule has 1 amide bonds. The zero-order valence-electron chi connectivity index (χ0n) is 9.66. The number of nitrogens with one attached hydrogen (secondary N) is 2. The lowest BCUT2D eigenvalue weighted by Gasteiger charge is -2.27. The summed E-state index contributed by atoms with van der Waals surface area (Å²) in [6.07, 6.45) is 3.96. The Morgan fingerprint density at radius 3 is 3.06 bits per heavy atom. The Morgan fingerprint density at radius 2 is 2.29 bits per heavy atom. The molecule has 4 heteroatoms. The summed E-state index contributed by atoms with van der Waals surface area (Å²) in [5.74, 6) is 0.638. The Kier molecular flexibility index (Phi) is 3.07. The lowest BCUT2D eigenvalue weighted by atomic mass is 9.93. The standard InChI is InChI=1S/C13H16N2OS/c16-13-8-17-12-5-4-9(6-11(12)15-13)7-14-10-2-1-3-10/h4-6,10,14H,1-3,7-8H2,(H,15,16). The van der Waals surface area contributed by atoms with Crippen molar-refractivity contribution in [3.8, 4) is 0 Å². The first-order valence-electron chi connectivity index (χ1n) is 6.10. The average molecular weight is 248 g/mol. The number of carbonyl (C=O) groups is 1. The van der Waals surface area contributed by atoms with Gasteiger partial charge in [0.25, 0.3) is 0 Å². The Labute approximate surface area is 105 Å². The second kappa shape index (κ2) is 4.70. The van der Waals surface area contributed by atoms with Gasteiger partial charge in [-0.05, 0) is 30.5 Å². The fraction of sp³-hybridized carbons (Fsp3) is 0.462. The van der Waals surface area contributed by atoms with Crippen molar-refractivity contribution in [2.75, 3.05) is 11.1 Å². The van der Waals surface area contributed by atoms with Gasteiger partial charge in [-0.2, -0.15) is 0 Å². The largest absolute Gasteiger partial charge is 0.324 e. The number of rotatable bonds is 3. The van der Waals surface area contributed by atoms with Crippen LogP contribution in [0.3, 0.4) is 0 Å². The highest BCUT2D eigenvalue weighted by Crippen LogP contribution is 2.32. The number of anilines is 1. The van der Waals surface area contributed by atoms with Gasteiger partial charge in [-0.1, -0.05) is 12.5 Å². The van der Waals surface area contributed by atoms with Gasteiger partial charge in [-0.25, -0.2) is 0 Å². The molecule has 17 heavy (non-hydrogen) atoms. The third-order valence-electron chi connectivity index (χ3n) is 3.38. The summed E-state index contributed by atoms with van der Waals surface area (Å²) in [7, 11) is 0. The second-order valence-corrected chi connectivity index (χ2v) is 5.69. The van der Waals surface area contributed by atoms with Gasteiger partial charge in [0.15, 0.2) is 0 Å². The molecule has 1 aliphatic carbocycles. The molecule has 1 aromatic rings. The van der Waals surface area contributed by atoms with Crippen LogP contribution in [0.1, 0.15) is 24.8 Å². The van der Waals surface area contributed by atoms with Crippen molar-refractivity contribution >= 4 is 23.4 Å². The Bertz CT molecular complexity index is 443. The van der Waals surface area contributed by atoms with E-state index in [1.54, 1.807) is 11.8 Å². The number of thioether (sulfide) groups is 1. The molecule has 1 aliphatic heterocycles. The Balaban J connectivity index is 1.68. The summed E-state index contributed by atoms with van der Waals surface area (Å²) in [5.41, 5.74) is 2.22. The monoisotopic (exact) mass is 248 g/mol. The third-order valence-corrected chi connectivity index (χ3v) is 4.45. The van der Waals surface area contributed by atoms with E-state index in [0.717, 1.165) is 12.2 Å². The molecule has 2 N–H and O–H groups in total. The van der Waals surface area contributed by atoms with Crippen LogP contribution in [0.4, 0.5) is 5.69 Å². The van der Waals surface area contributed by atoms with E-state index in [-0.39, 0.29) is 5.91 Å². The van der Waals surface area contributed by atoms with Gasteiger partial charge in [0.2, 0.25) is 5.91 Å². The van der Waals surface area contributed by atoms with Gasteiger partial charge in [-0.3, -0.25) is 4.79 Å². The van der Waals surface area contributed by atoms with Crippen LogP contribution in [0.25, 0.3) is 0 Å². The van der Waals surface area contributed by atoms with Crippen LogP contribution in [-0.2, 0) is 11.3 Å². The van der Waals surface area contributed by atoms with Crippen LogP contribution >= 0.6 is 11.8 Å². The quantitative estimate of drug-likeness (QED) is 0.863. The van der Waals surface area contributed by atoms with Gasteiger partial charge in [0.05, 0.1) is 11.4 Å². The van der Waals surface area contributed by atoms with E-state index in [0.29, 0.717) is 11.8 Å². The lowest BCUT2D eigenvalue weighted by molar-refractivity contribution is -0.113. The predicted molar refractivity (Wildman–Crippen MR) is 70.3 cm³/mol. The molecule has 0 unspecified atom stereocenters. The van der Waals surface area contributed by atoms with Gasteiger partial charge in [-0.15, -0.1) is 11.8 Å². The first kappa shape index (κ1) is 11.1. The summed E-state index contributed by atoms with van der Waals surface area (Å²) >= 11 is 1.61. The normalized spacial score (nSPS) is 19.4. The van der Waals surface area contributed by atoms with E-state index in [1.165, 1.54) is 29.7 Å². The zero-order chi connectivity index (χ0) is 11.7. The summed E-state index contributed by atoms with van der Waals surface area (Å²) in [4.78, 5) is 12.5. The topological polar surface area (TPSA) is 41.1 Å². The molecule has 2 aliphatic rings. The fourth-order valence-corrected chi connectivity index (χ4v) is 2.90. The van der Waals surface area contributed by atoms with Crippen molar-refractivity contribution in [1.29, 1.82) is 0 Å². The number of carbonyl (C=O) groups excluding carboxylic acids is 1. The van der Waals surface area contributed by atoms with Crippen LogP contribution in [-0.4, -0.2) is 17.7 Å². The SMILES string of the molecule is O=C1CSc2ccc(CNC3CCC3)cc2N1. The smallest absolute Gasteiger partial charge is 0.234 e. The third kappa shape index (κ3) is 2.48. The number of fused-ring (bicyclic) bond motifs is 1. The maximum Gasteiger partial charge on any atom is 0.234 e. The molecular weight excluding hydrogens is 232 g/mol. The molecule has 0 spiro atoms. The average Bonchev–Trinajstić information content (AvgIpc) is 2.26. The van der Waals surface area contributed by atoms with Crippen molar-refractivity contribution in [2.45, 2.75) is 36.7 Å². The molecule has 3 rings (SSSR count). The van der Waals surface area contributed by atoms with Gasteiger partial charge >= 0.3 is 0 Å². The van der Waals surface area contributed by atoms with Crippen molar-refractivity contribution in [3.05, 3.63) is 23.8 Å². The fourth-order valence-electron chi connectivity index (χ4n) is 2.11. The maximum atomic E-state index is 11.3. The molecule has 0 bridgehead atoms. The van der Waals surface area contributed by atoms with E-state index in [2.05, 4.69) is 28.8 Å². The Hall–Kier alpha value is -1.00. The molecular formula is C13H16N2OS. The molecule has 0 radical (unpaired) electrons. The van der Waals surface area contributed by atoms with Crippen LogP contribution < -0.4 is 10.6 Å². The summed E-state index contributed by atoms with van der Waals surface area (Å²) < 4.78 is 0. The summed E-state index contributed by atoms with van der Waals surface area (Å²) in [6, 6.07) is 7.05. The second-order valence-electron chi connectivity index (χ2n) is 4.68. The molecule has 0 saturated heterocycles. The highest BCUT2D eigenvalue weighted by atomic mass is 32.2. The number of benzene rings is 1. The number of amides is 1. The molecule has 0 atom stereocenters. The van der Waals surface area contributed by atoms with Gasteiger partial charge < -0.3 is 10.6 Å². The van der Waals surface area contributed by atoms with Crippen molar-refractivity contribution in [1.82, 2.24) is 5.32 Å². The first-order chi connectivity index (χ1) is 8.31. The lowest BCUT2D eigenvalue weighted by Crippen LogP contribution is -2.34. The van der Waals surface area contributed by atoms with Crippen molar-refractivity contribution in [2.24, 2.45) is 0 Å². The predicted octanol–water partition coefficient (Wildman–Crippen LogP) is 2.37. The molecule has 1 aromatic carbocycles. The number of hydrogen-bond acceptors (Lipinski definition) is 3. The minimum atomic E-state index is 0.103. The van der Waals surface area contributed by atoms with Crippen molar-refractivity contribution < 1.29 is 4.79 Å². The zero-order valence-corrected chi connectivity index (χ0v) is 10.5. The van der Waals surface area contributed by atoms with E-state index < -0.39 is 0 Å². The molecule has 90 valence electrons. The molecule has 1 saturated carbocycles. The van der Waals surface area contributed by atoms with Crippen LogP contribution in [0.2, 0.25) is 0 Å². The van der Waals surface area contributed by atoms with E-state index in [4.69, 9.17) is 0 Å². The van der Waals surface area contributed by atoms with E-state index in [9.17, 15) is 4.79 Å². The van der Waals surface area contributed by atoms with Crippen LogP contribution in [0.5, 0.6) is 0 Å². The number of hydrogen-bond donors (Lipinski definition) is 2.